The number of carboxylic acid groups (broad SMARTS) is 2. The van der Waals surface area contributed by atoms with Crippen molar-refractivity contribution >= 4 is 11.9 Å². The summed E-state index contributed by atoms with van der Waals surface area (Å²) in [5, 5.41) is 66.0. The summed E-state index contributed by atoms with van der Waals surface area (Å²) in [5.74, 6) is -1.34. The van der Waals surface area contributed by atoms with E-state index in [4.69, 9.17) is 18.9 Å². The first kappa shape index (κ1) is 67.8. The Hall–Kier alpha value is 0.983. The molecule has 8 saturated carbocycles. The van der Waals surface area contributed by atoms with E-state index in [1.165, 1.54) is 11.1 Å². The van der Waals surface area contributed by atoms with Crippen molar-refractivity contribution in [3.63, 3.8) is 0 Å². The Morgan fingerprint density at radius 3 is 1.41 bits per heavy atom. The molecule has 430 valence electrons. The van der Waals surface area contributed by atoms with Gasteiger partial charge < -0.3 is 49.6 Å². The van der Waals surface area contributed by atoms with Crippen LogP contribution >= 0.6 is 0 Å². The van der Waals surface area contributed by atoms with E-state index in [1.54, 1.807) is 14.2 Å². The van der Waals surface area contributed by atoms with Gasteiger partial charge in [0.2, 0.25) is 0 Å². The van der Waals surface area contributed by atoms with E-state index in [0.717, 1.165) is 64.2 Å². The van der Waals surface area contributed by atoms with Crippen LogP contribution in [0.2, 0.25) is 0 Å². The third-order valence-electron chi connectivity index (χ3n) is 24.3. The molecule has 14 heteroatoms. The number of ether oxygens (including phenoxy) is 4. The van der Waals surface area contributed by atoms with Gasteiger partial charge in [-0.15, -0.1) is 0 Å². The molecular formula is C62H104Ac2O12. The largest absolute Gasteiger partial charge is 0.481 e. The summed E-state index contributed by atoms with van der Waals surface area (Å²) < 4.78 is 23.4. The number of aliphatic carboxylic acids is 2. The molecule has 0 aromatic rings. The Kier molecular flexibility index (Phi) is 23.6. The molecule has 2 radical (unpaired) electrons. The minimum absolute atomic E-state index is 0. The second-order valence-electron chi connectivity index (χ2n) is 28.1. The molecule has 0 aromatic carbocycles. The van der Waals surface area contributed by atoms with Crippen molar-refractivity contribution in [3.05, 3.63) is 23.3 Å². The summed E-state index contributed by atoms with van der Waals surface area (Å²) in [6.07, 6.45) is 15.4. The fraction of sp³-hybridized carbons (Fsp3) is 0.903. The number of fused-ring (bicyclic) bond motifs is 10. The van der Waals surface area contributed by atoms with E-state index in [2.05, 4.69) is 67.5 Å². The van der Waals surface area contributed by atoms with Crippen LogP contribution in [0.5, 0.6) is 0 Å². The maximum atomic E-state index is 12.7. The maximum absolute atomic E-state index is 12.7. The number of allylic oxidation sites excluding steroid dienone is 4. The average Bonchev–Trinajstić information content (AvgIpc) is 3.73. The van der Waals surface area contributed by atoms with Gasteiger partial charge in [-0.25, -0.2) is 0 Å². The molecule has 24 atom stereocenters. The topological polar surface area (TPSA) is 192 Å². The second-order valence-corrected chi connectivity index (χ2v) is 28.1. The summed E-state index contributed by atoms with van der Waals surface area (Å²) >= 11 is 0. The van der Waals surface area contributed by atoms with Gasteiger partial charge in [0.1, 0.15) is 13.6 Å². The zero-order chi connectivity index (χ0) is 54.7. The molecule has 0 saturated heterocycles. The zero-order valence-corrected chi connectivity index (χ0v) is 59.1. The van der Waals surface area contributed by atoms with Gasteiger partial charge in [-0.05, 0) is 210 Å². The van der Waals surface area contributed by atoms with Gasteiger partial charge in [0.25, 0.3) is 0 Å². The first-order valence-corrected chi connectivity index (χ1v) is 29.3. The maximum Gasteiger partial charge on any atom is 0.306 e. The Labute approximate surface area is 530 Å². The summed E-state index contributed by atoms with van der Waals surface area (Å²) in [7, 11) is 3.35. The monoisotopic (exact) mass is 1490 g/mol. The second kappa shape index (κ2) is 26.5. The molecule has 0 aliphatic heterocycles. The summed E-state index contributed by atoms with van der Waals surface area (Å²) in [4.78, 5) is 25.1. The Bertz CT molecular complexity index is 2030. The first-order valence-electron chi connectivity index (χ1n) is 29.3. The Morgan fingerprint density at radius 2 is 0.947 bits per heavy atom. The van der Waals surface area contributed by atoms with Gasteiger partial charge in [-0.3, -0.25) is 9.59 Å². The molecule has 76 heavy (non-hydrogen) atoms. The molecule has 6 N–H and O–H groups in total. The van der Waals surface area contributed by atoms with Crippen LogP contribution in [0.25, 0.3) is 0 Å². The molecule has 0 aromatic heterocycles. The number of rotatable bonds is 16. The molecule has 0 bridgehead atoms. The van der Waals surface area contributed by atoms with Gasteiger partial charge in [-0.2, -0.15) is 0 Å². The number of aliphatic hydroxyl groups excluding tert-OH is 4. The predicted molar refractivity (Wildman–Crippen MR) is 287 cm³/mol. The molecule has 0 amide bonds. The number of methoxy groups -OCH3 is 2. The van der Waals surface area contributed by atoms with Crippen molar-refractivity contribution in [3.8, 4) is 0 Å². The molecule has 0 heterocycles. The molecule has 14 unspecified atom stereocenters. The van der Waals surface area contributed by atoms with Crippen molar-refractivity contribution < 1.29 is 147 Å². The average molecular weight is 1500 g/mol. The number of hydrogen-bond acceptors (Lipinski definition) is 10. The zero-order valence-electron chi connectivity index (χ0n) is 49.6. The van der Waals surface area contributed by atoms with Crippen molar-refractivity contribution in [1.82, 2.24) is 0 Å². The van der Waals surface area contributed by atoms with E-state index in [-0.39, 0.29) is 181 Å². The number of carbonyl (C=O) groups is 2. The van der Waals surface area contributed by atoms with E-state index in [1.807, 2.05) is 27.7 Å². The minimum Gasteiger partial charge on any atom is -0.481 e. The third kappa shape index (κ3) is 12.0. The standard InChI is InChI=1S/C33H56O7.C29H48O5.2Ac/c1-20(2)10-9-11-22(30(35)36)28-24-16-27(40-19-38-8)29-31(4)14-13-26(39-18-37-7)21(3)23(31)12-15-32(29,5)33(24,6)17-25(28)34;1-16(2)8-7-9-18(26(33)34)24-20-14-22(31)25-27(4)12-11-21(30)17(3)19(27)10-13-28(25,5)29(20,6)15-23(24)32;;/h10,21-29,34H,9,11-19H2,1-8H3,(H,35,36);8,17-25,30-32H,7,9-15H2,1-6H3,(H,33,34);;/t21?,22-,23?,24?,25-,26+,27+,28?,29?,31-,32?,33-;17?,18-,19?,20?,21?,22?,23-,24?,25?,27-,28?,29-;;/m00../s1. The molecule has 8 aliphatic carbocycles. The number of carboxylic acids is 2. The fourth-order valence-corrected chi connectivity index (χ4v) is 20.8. The smallest absolute Gasteiger partial charge is 0.306 e. The van der Waals surface area contributed by atoms with Gasteiger partial charge in [-0.1, -0.05) is 78.7 Å². The van der Waals surface area contributed by atoms with Crippen molar-refractivity contribution in [2.24, 2.45) is 104 Å². The molecule has 8 aliphatic rings. The quantitative estimate of drug-likeness (QED) is 0.0634. The molecule has 0 spiro atoms. The molecule has 8 rings (SSSR count). The van der Waals surface area contributed by atoms with Crippen molar-refractivity contribution in [2.45, 2.75) is 222 Å². The minimum atomic E-state index is -0.817. The van der Waals surface area contributed by atoms with E-state index >= 15 is 0 Å². The van der Waals surface area contributed by atoms with Gasteiger partial charge in [0.15, 0.2) is 0 Å². The summed E-state index contributed by atoms with van der Waals surface area (Å²) in [5.41, 5.74) is 1.77. The fourth-order valence-electron chi connectivity index (χ4n) is 20.8. The van der Waals surface area contributed by atoms with Crippen molar-refractivity contribution in [1.29, 1.82) is 0 Å². The van der Waals surface area contributed by atoms with Crippen molar-refractivity contribution in [2.75, 3.05) is 27.8 Å². The van der Waals surface area contributed by atoms with Gasteiger partial charge in [0.05, 0.1) is 48.5 Å². The molecule has 8 fully saturated rings. The van der Waals surface area contributed by atoms with E-state index in [9.17, 15) is 40.2 Å². The molecular weight excluding hydrogens is 1390 g/mol. The molecule has 12 nitrogen and oxygen atoms in total. The SMILES string of the molecule is CC(C)=CCC[C@H](C(=O)O)C1C2CC(O)C3C(C)(CCC4C(C)C(O)CC[C@@]43C)[C@@]2(C)C[C@@H]1O.COCO[C@@H]1CC[C@@]2(C)C(CCC3(C)C2[C@H](OCOC)CC2C([C@H](CCC=C(C)C)C(=O)O)[C@@H](O)C[C@@]23C)C1C.[Ac].[Ac]. The van der Waals surface area contributed by atoms with Gasteiger partial charge in [0, 0.05) is 114 Å². The van der Waals surface area contributed by atoms with Crippen LogP contribution in [0.1, 0.15) is 186 Å². The van der Waals surface area contributed by atoms with E-state index in [0.29, 0.717) is 69.0 Å². The normalized spacial score (nSPS) is 46.7. The van der Waals surface area contributed by atoms with Gasteiger partial charge >= 0.3 is 11.9 Å². The third-order valence-corrected chi connectivity index (χ3v) is 24.3. The van der Waals surface area contributed by atoms with Crippen LogP contribution in [0.4, 0.5) is 0 Å². The Morgan fingerprint density at radius 1 is 0.526 bits per heavy atom. The van der Waals surface area contributed by atoms with Crippen LogP contribution in [0, 0.1) is 192 Å². The Balaban J connectivity index is 0.000000277. The summed E-state index contributed by atoms with van der Waals surface area (Å²) in [6.45, 7) is 27.5. The van der Waals surface area contributed by atoms with Crippen LogP contribution in [-0.2, 0) is 28.5 Å². The van der Waals surface area contributed by atoms with Crippen LogP contribution in [-0.4, -0.2) is 107 Å². The summed E-state index contributed by atoms with van der Waals surface area (Å²) in [6, 6.07) is 0. The van der Waals surface area contributed by atoms with Crippen LogP contribution in [0.3, 0.4) is 0 Å². The van der Waals surface area contributed by atoms with E-state index < -0.39 is 42.1 Å². The predicted octanol–water partition coefficient (Wildman–Crippen LogP) is 11.3. The van der Waals surface area contributed by atoms with Crippen LogP contribution in [0.15, 0.2) is 23.3 Å². The number of aliphatic hydroxyl groups is 4. The first-order chi connectivity index (χ1) is 34.6. The van der Waals surface area contributed by atoms with Crippen LogP contribution < -0.4 is 0 Å². The number of hydrogen-bond donors (Lipinski definition) is 6.